The summed E-state index contributed by atoms with van der Waals surface area (Å²) in [6.07, 6.45) is 2.26. The van der Waals surface area contributed by atoms with E-state index < -0.39 is 29.2 Å². The highest BCUT2D eigenvalue weighted by molar-refractivity contribution is 5.92. The minimum Gasteiger partial charge on any atom is -0.444 e. The van der Waals surface area contributed by atoms with Crippen LogP contribution >= 0.6 is 0 Å². The van der Waals surface area contributed by atoms with E-state index in [1.54, 1.807) is 20.8 Å². The molecule has 0 bridgehead atoms. The van der Waals surface area contributed by atoms with Crippen LogP contribution in [0.25, 0.3) is 0 Å². The number of rotatable bonds is 5. The molecule has 1 saturated heterocycles. The number of alkyl carbamates (subject to hydrolysis) is 1. The molecule has 0 saturated carbocycles. The number of hydrogen-bond acceptors (Lipinski definition) is 4. The number of ether oxygens (including phenoxy) is 1. The summed E-state index contributed by atoms with van der Waals surface area (Å²) in [6, 6.07) is 2.90. The van der Waals surface area contributed by atoms with E-state index in [0.717, 1.165) is 37.5 Å². The molecular formula is C19H27F2N3O3. The number of nitrogens with one attached hydrogen (secondary N) is 2. The van der Waals surface area contributed by atoms with Crippen molar-refractivity contribution in [1.29, 1.82) is 0 Å². The first kappa shape index (κ1) is 21.1. The van der Waals surface area contributed by atoms with E-state index in [1.165, 1.54) is 0 Å². The van der Waals surface area contributed by atoms with Crippen molar-refractivity contribution in [3.05, 3.63) is 29.8 Å². The van der Waals surface area contributed by atoms with Gasteiger partial charge in [0.2, 0.25) is 5.91 Å². The van der Waals surface area contributed by atoms with Crippen molar-refractivity contribution in [3.8, 4) is 0 Å². The minimum absolute atomic E-state index is 0.0191. The maximum atomic E-state index is 13.7. The average molecular weight is 383 g/mol. The van der Waals surface area contributed by atoms with Gasteiger partial charge in [-0.2, -0.15) is 0 Å². The van der Waals surface area contributed by atoms with Crippen molar-refractivity contribution >= 4 is 17.7 Å². The molecule has 0 spiro atoms. The average Bonchev–Trinajstić information content (AvgIpc) is 2.56. The predicted octanol–water partition coefficient (Wildman–Crippen LogP) is 3.28. The molecular weight excluding hydrogens is 356 g/mol. The summed E-state index contributed by atoms with van der Waals surface area (Å²) in [5, 5.41) is 5.14. The van der Waals surface area contributed by atoms with Crippen molar-refractivity contribution in [3.63, 3.8) is 0 Å². The third kappa shape index (κ3) is 7.13. The second kappa shape index (κ2) is 9.12. The molecule has 0 aromatic heterocycles. The van der Waals surface area contributed by atoms with E-state index in [-0.39, 0.29) is 18.3 Å². The number of carbonyl (C=O) groups is 2. The van der Waals surface area contributed by atoms with Crippen molar-refractivity contribution in [2.75, 3.05) is 25.0 Å². The number of piperidine rings is 1. The van der Waals surface area contributed by atoms with E-state index in [4.69, 9.17) is 4.74 Å². The predicted molar refractivity (Wildman–Crippen MR) is 98.4 cm³/mol. The molecule has 6 nitrogen and oxygen atoms in total. The molecule has 1 fully saturated rings. The fourth-order valence-electron chi connectivity index (χ4n) is 2.98. The molecule has 1 aliphatic rings. The Morgan fingerprint density at radius 1 is 1.26 bits per heavy atom. The summed E-state index contributed by atoms with van der Waals surface area (Å²) in [5.74, 6) is -1.74. The largest absolute Gasteiger partial charge is 0.444 e. The first-order chi connectivity index (χ1) is 12.6. The van der Waals surface area contributed by atoms with E-state index >= 15 is 0 Å². The Morgan fingerprint density at radius 3 is 2.70 bits per heavy atom. The third-order valence-corrected chi connectivity index (χ3v) is 4.18. The Morgan fingerprint density at radius 2 is 2.00 bits per heavy atom. The van der Waals surface area contributed by atoms with Crippen LogP contribution in [0, 0.1) is 11.6 Å². The second-order valence-corrected chi connectivity index (χ2v) is 7.68. The van der Waals surface area contributed by atoms with Gasteiger partial charge < -0.3 is 15.4 Å². The Labute approximate surface area is 158 Å². The van der Waals surface area contributed by atoms with Crippen LogP contribution in [0.4, 0.5) is 19.3 Å². The Kier molecular flexibility index (Phi) is 7.12. The lowest BCUT2D eigenvalue weighted by Gasteiger charge is -2.35. The molecule has 150 valence electrons. The van der Waals surface area contributed by atoms with Crippen LogP contribution in [0.1, 0.15) is 40.0 Å². The standard InChI is InChI=1S/C19H27F2N3O3/c1-19(2,3)27-18(26)22-11-14-6-4-5-9-24(14)12-17(25)23-16-10-13(20)7-8-15(16)21/h7-8,10,14H,4-6,9,11-12H2,1-3H3,(H,22,26)(H,23,25). The number of amides is 2. The summed E-state index contributed by atoms with van der Waals surface area (Å²) in [5.41, 5.74) is -0.758. The maximum Gasteiger partial charge on any atom is 0.407 e. The van der Waals surface area contributed by atoms with Crippen molar-refractivity contribution in [2.24, 2.45) is 0 Å². The van der Waals surface area contributed by atoms with Gasteiger partial charge >= 0.3 is 6.09 Å². The zero-order valence-corrected chi connectivity index (χ0v) is 16.0. The molecule has 1 aliphatic heterocycles. The van der Waals surface area contributed by atoms with Gasteiger partial charge in [-0.3, -0.25) is 9.69 Å². The number of likely N-dealkylation sites (tertiary alicyclic amines) is 1. The normalized spacial score (nSPS) is 18.0. The third-order valence-electron chi connectivity index (χ3n) is 4.18. The molecule has 1 heterocycles. The molecule has 2 rings (SSSR count). The SMILES string of the molecule is CC(C)(C)OC(=O)NCC1CCCCN1CC(=O)Nc1cc(F)ccc1F. The van der Waals surface area contributed by atoms with Gasteiger partial charge in [-0.15, -0.1) is 0 Å². The Hall–Kier alpha value is -2.22. The van der Waals surface area contributed by atoms with Gasteiger partial charge in [0.05, 0.1) is 12.2 Å². The highest BCUT2D eigenvalue weighted by atomic mass is 19.1. The number of carbonyl (C=O) groups excluding carboxylic acids is 2. The van der Waals surface area contributed by atoms with E-state index in [1.807, 2.05) is 4.90 Å². The molecule has 27 heavy (non-hydrogen) atoms. The van der Waals surface area contributed by atoms with Crippen LogP contribution in [-0.2, 0) is 9.53 Å². The molecule has 2 amide bonds. The zero-order valence-electron chi connectivity index (χ0n) is 16.0. The number of benzene rings is 1. The molecule has 1 unspecified atom stereocenters. The number of halogens is 2. The van der Waals surface area contributed by atoms with Crippen molar-refractivity contribution in [1.82, 2.24) is 10.2 Å². The fourth-order valence-corrected chi connectivity index (χ4v) is 2.98. The highest BCUT2D eigenvalue weighted by Crippen LogP contribution is 2.18. The molecule has 8 heteroatoms. The Bertz CT molecular complexity index is 677. The van der Waals surface area contributed by atoms with Gasteiger partial charge in [-0.25, -0.2) is 13.6 Å². The molecule has 2 N–H and O–H groups in total. The van der Waals surface area contributed by atoms with Crippen LogP contribution in [0.2, 0.25) is 0 Å². The molecule has 0 aliphatic carbocycles. The molecule has 0 radical (unpaired) electrons. The maximum absolute atomic E-state index is 13.7. The smallest absolute Gasteiger partial charge is 0.407 e. The second-order valence-electron chi connectivity index (χ2n) is 7.68. The lowest BCUT2D eigenvalue weighted by atomic mass is 10.0. The monoisotopic (exact) mass is 383 g/mol. The van der Waals surface area contributed by atoms with Crippen molar-refractivity contribution in [2.45, 2.75) is 51.7 Å². The van der Waals surface area contributed by atoms with E-state index in [9.17, 15) is 18.4 Å². The number of hydrogen-bond donors (Lipinski definition) is 2. The van der Waals surface area contributed by atoms with Crippen LogP contribution in [0.3, 0.4) is 0 Å². The van der Waals surface area contributed by atoms with Crippen LogP contribution in [0.5, 0.6) is 0 Å². The van der Waals surface area contributed by atoms with Gasteiger partial charge in [0.1, 0.15) is 17.2 Å². The van der Waals surface area contributed by atoms with E-state index in [0.29, 0.717) is 13.1 Å². The first-order valence-electron chi connectivity index (χ1n) is 9.10. The Balaban J connectivity index is 1.89. The molecule has 1 atom stereocenters. The van der Waals surface area contributed by atoms with Crippen LogP contribution in [0.15, 0.2) is 18.2 Å². The summed E-state index contributed by atoms with van der Waals surface area (Å²) in [7, 11) is 0. The van der Waals surface area contributed by atoms with Gasteiger partial charge in [-0.1, -0.05) is 6.42 Å². The van der Waals surface area contributed by atoms with Crippen LogP contribution < -0.4 is 10.6 Å². The van der Waals surface area contributed by atoms with Gasteiger partial charge in [-0.05, 0) is 52.3 Å². The van der Waals surface area contributed by atoms with Gasteiger partial charge in [0.25, 0.3) is 0 Å². The first-order valence-corrected chi connectivity index (χ1v) is 9.10. The van der Waals surface area contributed by atoms with Gasteiger partial charge in [0.15, 0.2) is 0 Å². The highest BCUT2D eigenvalue weighted by Gasteiger charge is 2.26. The lowest BCUT2D eigenvalue weighted by molar-refractivity contribution is -0.118. The minimum atomic E-state index is -0.688. The summed E-state index contributed by atoms with van der Waals surface area (Å²) < 4.78 is 32.1. The zero-order chi connectivity index (χ0) is 20.0. The number of anilines is 1. The number of nitrogens with zero attached hydrogens (tertiary/aromatic N) is 1. The summed E-state index contributed by atoms with van der Waals surface area (Å²) in [4.78, 5) is 26.0. The quantitative estimate of drug-likeness (QED) is 0.819. The molecule has 1 aromatic rings. The van der Waals surface area contributed by atoms with Crippen LogP contribution in [-0.4, -0.2) is 48.2 Å². The van der Waals surface area contributed by atoms with Crippen molar-refractivity contribution < 1.29 is 23.1 Å². The van der Waals surface area contributed by atoms with Gasteiger partial charge in [0, 0.05) is 18.7 Å². The summed E-state index contributed by atoms with van der Waals surface area (Å²) >= 11 is 0. The molecule has 1 aromatic carbocycles. The lowest BCUT2D eigenvalue weighted by Crippen LogP contribution is -2.49. The topological polar surface area (TPSA) is 70.7 Å². The summed E-state index contributed by atoms with van der Waals surface area (Å²) in [6.45, 7) is 6.45. The fraction of sp³-hybridized carbons (Fsp3) is 0.579. The van der Waals surface area contributed by atoms with E-state index in [2.05, 4.69) is 10.6 Å².